The maximum atomic E-state index is 3.53. The Balaban J connectivity index is 1.73. The summed E-state index contributed by atoms with van der Waals surface area (Å²) in [5, 5.41) is 3.53. The van der Waals surface area contributed by atoms with Crippen LogP contribution in [0.5, 0.6) is 0 Å². The van der Waals surface area contributed by atoms with E-state index in [2.05, 4.69) is 33.3 Å². The number of nitrogens with zero attached hydrogens (tertiary/aromatic N) is 2. The maximum Gasteiger partial charge on any atom is 0.0650 e. The van der Waals surface area contributed by atoms with Crippen molar-refractivity contribution in [2.24, 2.45) is 5.92 Å². The molecule has 1 saturated carbocycles. The van der Waals surface area contributed by atoms with Crippen LogP contribution in [0.15, 0.2) is 18.2 Å². The van der Waals surface area contributed by atoms with Crippen LogP contribution in [0.1, 0.15) is 18.4 Å². The summed E-state index contributed by atoms with van der Waals surface area (Å²) >= 11 is 0. The van der Waals surface area contributed by atoms with Crippen LogP contribution in [0.4, 0.5) is 11.4 Å². The first-order valence-electron chi connectivity index (χ1n) is 7.24. The molecule has 3 aliphatic rings. The van der Waals surface area contributed by atoms with Gasteiger partial charge in [0.15, 0.2) is 0 Å². The molecular weight excluding hydrogens is 222 g/mol. The fraction of sp³-hybridized carbons (Fsp3) is 0.600. The van der Waals surface area contributed by atoms with E-state index < -0.39 is 0 Å². The first-order valence-corrected chi connectivity index (χ1v) is 7.24. The molecule has 96 valence electrons. The van der Waals surface area contributed by atoms with Crippen molar-refractivity contribution in [1.82, 2.24) is 5.32 Å². The average molecular weight is 243 g/mol. The zero-order valence-corrected chi connectivity index (χ0v) is 10.9. The zero-order valence-electron chi connectivity index (χ0n) is 10.9. The van der Waals surface area contributed by atoms with E-state index in [1.165, 1.54) is 49.4 Å². The van der Waals surface area contributed by atoms with E-state index >= 15 is 0 Å². The van der Waals surface area contributed by atoms with E-state index in [0.717, 1.165) is 25.6 Å². The van der Waals surface area contributed by atoms with E-state index in [1.807, 2.05) is 0 Å². The quantitative estimate of drug-likeness (QED) is 0.855. The van der Waals surface area contributed by atoms with Gasteiger partial charge in [-0.05, 0) is 30.4 Å². The Labute approximate surface area is 109 Å². The van der Waals surface area contributed by atoms with Crippen molar-refractivity contribution in [2.45, 2.75) is 19.4 Å². The molecular formula is C15H21N3. The van der Waals surface area contributed by atoms with Crippen LogP contribution in [-0.2, 0) is 6.54 Å². The molecule has 4 rings (SSSR count). The Kier molecular flexibility index (Phi) is 2.47. The molecule has 1 aromatic rings. The van der Waals surface area contributed by atoms with Crippen molar-refractivity contribution in [2.75, 3.05) is 42.5 Å². The van der Waals surface area contributed by atoms with Crippen LogP contribution >= 0.6 is 0 Å². The predicted octanol–water partition coefficient (Wildman–Crippen LogP) is 1.83. The molecule has 0 saturated heterocycles. The fourth-order valence-corrected chi connectivity index (χ4v) is 3.28. The normalized spacial score (nSPS) is 22.7. The molecule has 3 heteroatoms. The number of anilines is 2. The lowest BCUT2D eigenvalue weighted by Crippen LogP contribution is -2.43. The van der Waals surface area contributed by atoms with E-state index in [0.29, 0.717) is 0 Å². The number of benzene rings is 1. The summed E-state index contributed by atoms with van der Waals surface area (Å²) in [7, 11) is 0. The SMILES string of the molecule is c1cc2c3c(c1)N(CC1CC1)CCN3CCNC2. The van der Waals surface area contributed by atoms with Gasteiger partial charge in [-0.1, -0.05) is 12.1 Å². The topological polar surface area (TPSA) is 18.5 Å². The second kappa shape index (κ2) is 4.16. The summed E-state index contributed by atoms with van der Waals surface area (Å²) in [5.74, 6) is 0.969. The van der Waals surface area contributed by atoms with E-state index in [4.69, 9.17) is 0 Å². The number of hydrogen-bond donors (Lipinski definition) is 1. The van der Waals surface area contributed by atoms with Gasteiger partial charge in [-0.15, -0.1) is 0 Å². The van der Waals surface area contributed by atoms with Crippen molar-refractivity contribution < 1.29 is 0 Å². The van der Waals surface area contributed by atoms with Gasteiger partial charge >= 0.3 is 0 Å². The van der Waals surface area contributed by atoms with Crippen LogP contribution in [0, 0.1) is 5.92 Å². The van der Waals surface area contributed by atoms with Gasteiger partial charge in [-0.2, -0.15) is 0 Å². The molecule has 2 heterocycles. The number of para-hydroxylation sites is 1. The zero-order chi connectivity index (χ0) is 11.9. The maximum absolute atomic E-state index is 3.53. The van der Waals surface area contributed by atoms with Crippen LogP contribution < -0.4 is 15.1 Å². The minimum Gasteiger partial charge on any atom is -0.368 e. The van der Waals surface area contributed by atoms with Crippen LogP contribution in [-0.4, -0.2) is 32.7 Å². The van der Waals surface area contributed by atoms with Gasteiger partial charge in [0.1, 0.15) is 0 Å². The molecule has 0 amide bonds. The molecule has 2 aliphatic heterocycles. The van der Waals surface area contributed by atoms with E-state index in [9.17, 15) is 0 Å². The molecule has 1 fully saturated rings. The first-order chi connectivity index (χ1) is 8.92. The first kappa shape index (κ1) is 10.7. The number of nitrogens with one attached hydrogen (secondary N) is 1. The van der Waals surface area contributed by atoms with E-state index in [-0.39, 0.29) is 0 Å². The Morgan fingerprint density at radius 1 is 1.17 bits per heavy atom. The molecule has 0 spiro atoms. The molecule has 3 nitrogen and oxygen atoms in total. The summed E-state index contributed by atoms with van der Waals surface area (Å²) in [6.45, 7) is 6.96. The fourth-order valence-electron chi connectivity index (χ4n) is 3.28. The Hall–Kier alpha value is -1.22. The third kappa shape index (κ3) is 1.77. The molecule has 1 aliphatic carbocycles. The highest BCUT2D eigenvalue weighted by Gasteiger charge is 2.30. The highest BCUT2D eigenvalue weighted by atomic mass is 15.3. The minimum atomic E-state index is 0.969. The standard InChI is InChI=1S/C15H21N3/c1-2-13-10-16-6-7-17-8-9-18(11-12-4-5-12)14(3-1)15(13)17/h1-3,12,16H,4-11H2. The monoisotopic (exact) mass is 243 g/mol. The van der Waals surface area contributed by atoms with Crippen molar-refractivity contribution >= 4 is 11.4 Å². The van der Waals surface area contributed by atoms with Gasteiger partial charge in [0.05, 0.1) is 11.4 Å². The lowest BCUT2D eigenvalue weighted by atomic mass is 10.1. The summed E-state index contributed by atoms with van der Waals surface area (Å²) in [4.78, 5) is 5.20. The second-order valence-corrected chi connectivity index (χ2v) is 5.84. The average Bonchev–Trinajstić information content (AvgIpc) is 3.21. The van der Waals surface area contributed by atoms with Gasteiger partial charge in [-0.3, -0.25) is 0 Å². The van der Waals surface area contributed by atoms with Crippen molar-refractivity contribution in [1.29, 1.82) is 0 Å². The van der Waals surface area contributed by atoms with Gasteiger partial charge in [0, 0.05) is 39.3 Å². The van der Waals surface area contributed by atoms with Crippen molar-refractivity contribution in [3.8, 4) is 0 Å². The molecule has 0 aromatic heterocycles. The Bertz CT molecular complexity index is 453. The minimum absolute atomic E-state index is 0.969. The van der Waals surface area contributed by atoms with Gasteiger partial charge in [0.25, 0.3) is 0 Å². The third-order valence-corrected chi connectivity index (χ3v) is 4.44. The highest BCUT2D eigenvalue weighted by molar-refractivity contribution is 5.77. The smallest absolute Gasteiger partial charge is 0.0650 e. The lowest BCUT2D eigenvalue weighted by molar-refractivity contribution is 0.652. The summed E-state index contributed by atoms with van der Waals surface area (Å²) in [6.07, 6.45) is 2.88. The van der Waals surface area contributed by atoms with Gasteiger partial charge in [-0.25, -0.2) is 0 Å². The van der Waals surface area contributed by atoms with Crippen LogP contribution in [0.25, 0.3) is 0 Å². The molecule has 0 unspecified atom stereocenters. The van der Waals surface area contributed by atoms with Gasteiger partial charge in [0.2, 0.25) is 0 Å². The van der Waals surface area contributed by atoms with Crippen LogP contribution in [0.2, 0.25) is 0 Å². The van der Waals surface area contributed by atoms with Crippen molar-refractivity contribution in [3.05, 3.63) is 23.8 Å². The molecule has 1 N–H and O–H groups in total. The molecule has 0 atom stereocenters. The van der Waals surface area contributed by atoms with Crippen LogP contribution in [0.3, 0.4) is 0 Å². The summed E-state index contributed by atoms with van der Waals surface area (Å²) < 4.78 is 0. The molecule has 1 aromatic carbocycles. The number of rotatable bonds is 2. The second-order valence-electron chi connectivity index (χ2n) is 5.84. The third-order valence-electron chi connectivity index (χ3n) is 4.44. The summed E-state index contributed by atoms with van der Waals surface area (Å²) in [5.41, 5.74) is 4.47. The summed E-state index contributed by atoms with van der Waals surface area (Å²) in [6, 6.07) is 6.83. The number of hydrogen-bond acceptors (Lipinski definition) is 3. The Morgan fingerprint density at radius 3 is 3.00 bits per heavy atom. The lowest BCUT2D eigenvalue weighted by Gasteiger charge is -2.39. The molecule has 0 bridgehead atoms. The van der Waals surface area contributed by atoms with Crippen molar-refractivity contribution in [3.63, 3.8) is 0 Å². The largest absolute Gasteiger partial charge is 0.368 e. The Morgan fingerprint density at radius 2 is 2.11 bits per heavy atom. The molecule has 18 heavy (non-hydrogen) atoms. The van der Waals surface area contributed by atoms with E-state index in [1.54, 1.807) is 0 Å². The molecule has 0 radical (unpaired) electrons. The predicted molar refractivity (Wildman–Crippen MR) is 75.3 cm³/mol. The highest BCUT2D eigenvalue weighted by Crippen LogP contribution is 2.39. The van der Waals surface area contributed by atoms with Gasteiger partial charge < -0.3 is 15.1 Å².